The minimum atomic E-state index is -1.10. The van der Waals surface area contributed by atoms with Gasteiger partial charge in [0.1, 0.15) is 5.67 Å². The van der Waals surface area contributed by atoms with E-state index in [0.717, 1.165) is 36.5 Å². The van der Waals surface area contributed by atoms with Crippen LogP contribution in [0.25, 0.3) is 0 Å². The van der Waals surface area contributed by atoms with Crippen molar-refractivity contribution < 1.29 is 4.39 Å². The number of halogens is 1. The molecule has 0 radical (unpaired) electrons. The molecular formula is C33H53F. The second kappa shape index (κ2) is 12.2. The fraction of sp³-hybridized carbons (Fsp3) is 0.758. The maximum atomic E-state index is 14.4. The normalized spacial score (nSPS) is 32.9. The molecule has 0 aromatic rings. The Balaban J connectivity index is 0.00000103. The largest absolute Gasteiger partial charge is 0.244 e. The summed E-state index contributed by atoms with van der Waals surface area (Å²) in [6.07, 6.45) is 21.8. The van der Waals surface area contributed by atoms with Crippen LogP contribution in [0.1, 0.15) is 112 Å². The van der Waals surface area contributed by atoms with E-state index in [9.17, 15) is 4.39 Å². The van der Waals surface area contributed by atoms with Crippen molar-refractivity contribution in [1.82, 2.24) is 0 Å². The van der Waals surface area contributed by atoms with Crippen molar-refractivity contribution in [3.8, 4) is 0 Å². The molecule has 192 valence electrons. The van der Waals surface area contributed by atoms with Gasteiger partial charge in [0.15, 0.2) is 0 Å². The van der Waals surface area contributed by atoms with E-state index in [1.165, 1.54) is 74.5 Å². The third-order valence-corrected chi connectivity index (χ3v) is 8.68. The number of fused-ring (bicyclic) bond motifs is 1. The van der Waals surface area contributed by atoms with Gasteiger partial charge in [-0.25, -0.2) is 4.39 Å². The number of alkyl halides is 1. The van der Waals surface area contributed by atoms with E-state index >= 15 is 0 Å². The summed E-state index contributed by atoms with van der Waals surface area (Å²) in [5.74, 6) is 5.38. The van der Waals surface area contributed by atoms with E-state index in [0.29, 0.717) is 24.2 Å². The van der Waals surface area contributed by atoms with Gasteiger partial charge in [-0.3, -0.25) is 0 Å². The highest BCUT2D eigenvalue weighted by Crippen LogP contribution is 2.53. The van der Waals surface area contributed by atoms with Gasteiger partial charge in [-0.2, -0.15) is 0 Å². The van der Waals surface area contributed by atoms with Gasteiger partial charge in [0.05, 0.1) is 0 Å². The van der Waals surface area contributed by atoms with Gasteiger partial charge in [-0.05, 0) is 107 Å². The van der Waals surface area contributed by atoms with Gasteiger partial charge < -0.3 is 0 Å². The van der Waals surface area contributed by atoms with E-state index in [-0.39, 0.29) is 0 Å². The summed E-state index contributed by atoms with van der Waals surface area (Å²) in [6.45, 7) is 18.7. The summed E-state index contributed by atoms with van der Waals surface area (Å²) < 4.78 is 14.4. The highest BCUT2D eigenvalue weighted by Gasteiger charge is 2.43. The smallest absolute Gasteiger partial charge is 0.109 e. The molecule has 3 fully saturated rings. The molecular weight excluding hydrogens is 415 g/mol. The fourth-order valence-corrected chi connectivity index (χ4v) is 6.61. The molecule has 5 atom stereocenters. The first-order valence-corrected chi connectivity index (χ1v) is 14.5. The van der Waals surface area contributed by atoms with E-state index in [1.807, 2.05) is 0 Å². The highest BCUT2D eigenvalue weighted by atomic mass is 19.1. The minimum Gasteiger partial charge on any atom is -0.244 e. The zero-order chi connectivity index (χ0) is 24.9. The van der Waals surface area contributed by atoms with Crippen LogP contribution in [0, 0.1) is 41.4 Å². The van der Waals surface area contributed by atoms with E-state index in [4.69, 9.17) is 0 Å². The lowest BCUT2D eigenvalue weighted by atomic mass is 9.70. The van der Waals surface area contributed by atoms with Crippen LogP contribution >= 0.6 is 0 Å². The summed E-state index contributed by atoms with van der Waals surface area (Å²) in [5, 5.41) is 0. The van der Waals surface area contributed by atoms with E-state index in [1.54, 1.807) is 13.8 Å². The van der Waals surface area contributed by atoms with Crippen LogP contribution in [0.5, 0.6) is 0 Å². The molecule has 4 rings (SSSR count). The van der Waals surface area contributed by atoms with Crippen molar-refractivity contribution in [1.29, 1.82) is 0 Å². The first-order valence-electron chi connectivity index (χ1n) is 14.5. The van der Waals surface area contributed by atoms with Crippen molar-refractivity contribution in [3.05, 3.63) is 48.1 Å². The van der Waals surface area contributed by atoms with E-state index < -0.39 is 5.67 Å². The molecule has 34 heavy (non-hydrogen) atoms. The van der Waals surface area contributed by atoms with Crippen molar-refractivity contribution in [3.63, 3.8) is 0 Å². The maximum Gasteiger partial charge on any atom is 0.109 e. The van der Waals surface area contributed by atoms with Crippen LogP contribution in [-0.4, -0.2) is 5.67 Å². The van der Waals surface area contributed by atoms with Crippen LogP contribution in [0.2, 0.25) is 0 Å². The van der Waals surface area contributed by atoms with E-state index in [2.05, 4.69) is 52.2 Å². The average Bonchev–Trinajstić information content (AvgIpc) is 3.67. The van der Waals surface area contributed by atoms with Crippen LogP contribution < -0.4 is 0 Å². The predicted molar refractivity (Wildman–Crippen MR) is 148 cm³/mol. The second-order valence-electron chi connectivity index (χ2n) is 12.9. The molecule has 3 saturated carbocycles. The van der Waals surface area contributed by atoms with Crippen LogP contribution in [0.4, 0.5) is 4.39 Å². The zero-order valence-electron chi connectivity index (χ0n) is 23.1. The summed E-state index contributed by atoms with van der Waals surface area (Å²) >= 11 is 0. The van der Waals surface area contributed by atoms with Gasteiger partial charge in [-0.15, -0.1) is 6.58 Å². The molecule has 0 N–H and O–H groups in total. The second-order valence-corrected chi connectivity index (χ2v) is 12.9. The summed E-state index contributed by atoms with van der Waals surface area (Å²) in [5.41, 5.74) is 3.28. The Labute approximate surface area is 211 Å². The number of hydrogen-bond acceptors (Lipinski definition) is 0. The predicted octanol–water partition coefficient (Wildman–Crippen LogP) is 10.4. The topological polar surface area (TPSA) is 0 Å². The molecule has 1 heteroatoms. The highest BCUT2D eigenvalue weighted by molar-refractivity contribution is 5.38. The first kappa shape index (κ1) is 27.5. The lowest BCUT2D eigenvalue weighted by Gasteiger charge is -2.35. The molecule has 0 spiro atoms. The Morgan fingerprint density at radius 3 is 2.44 bits per heavy atom. The lowest BCUT2D eigenvalue weighted by molar-refractivity contribution is 0.213. The third-order valence-electron chi connectivity index (χ3n) is 8.68. The molecule has 4 aliphatic rings. The molecule has 0 nitrogen and oxygen atoms in total. The summed E-state index contributed by atoms with van der Waals surface area (Å²) in [7, 11) is 0. The summed E-state index contributed by atoms with van der Waals surface area (Å²) in [4.78, 5) is 0. The van der Waals surface area contributed by atoms with Crippen molar-refractivity contribution in [2.24, 2.45) is 41.4 Å². The maximum absolute atomic E-state index is 14.4. The summed E-state index contributed by atoms with van der Waals surface area (Å²) in [6, 6.07) is 0. The molecule has 4 aliphatic carbocycles. The van der Waals surface area contributed by atoms with Crippen molar-refractivity contribution in [2.75, 3.05) is 0 Å². The Morgan fingerprint density at radius 2 is 1.82 bits per heavy atom. The van der Waals surface area contributed by atoms with Crippen LogP contribution in [0.3, 0.4) is 0 Å². The molecule has 4 unspecified atom stereocenters. The quantitative estimate of drug-likeness (QED) is 0.264. The number of hydrogen-bond donors (Lipinski definition) is 0. The number of rotatable bonds is 11. The van der Waals surface area contributed by atoms with Crippen LogP contribution in [0.15, 0.2) is 48.1 Å². The first-order chi connectivity index (χ1) is 16.1. The fourth-order valence-electron chi connectivity index (χ4n) is 6.61. The average molecular weight is 469 g/mol. The Hall–Kier alpha value is -1.11. The van der Waals surface area contributed by atoms with Gasteiger partial charge in [0.25, 0.3) is 0 Å². The van der Waals surface area contributed by atoms with Gasteiger partial charge in [-0.1, -0.05) is 81.6 Å². The Morgan fingerprint density at radius 1 is 1.15 bits per heavy atom. The molecule has 0 aromatic carbocycles. The van der Waals surface area contributed by atoms with Crippen molar-refractivity contribution >= 4 is 0 Å². The Bertz CT molecular complexity index is 739. The lowest BCUT2D eigenvalue weighted by Crippen LogP contribution is -2.23. The third kappa shape index (κ3) is 8.23. The zero-order valence-corrected chi connectivity index (χ0v) is 23.1. The minimum absolute atomic E-state index is 0.602. The molecule has 0 amide bonds. The van der Waals surface area contributed by atoms with Gasteiger partial charge in [0.2, 0.25) is 0 Å². The van der Waals surface area contributed by atoms with Crippen LogP contribution in [-0.2, 0) is 0 Å². The number of allylic oxidation sites excluding steroid dienone is 6. The van der Waals surface area contributed by atoms with Gasteiger partial charge >= 0.3 is 0 Å². The SMILES string of the molecule is C=CCCC1CC1CC(=C)[C@@H](CC1=CC2CC2C(CC(C)(C)F)=C1)C1CCC(C)CC1.CCC. The molecule has 0 aromatic heterocycles. The van der Waals surface area contributed by atoms with Gasteiger partial charge in [0, 0.05) is 6.42 Å². The van der Waals surface area contributed by atoms with Crippen molar-refractivity contribution in [2.45, 2.75) is 117 Å². The molecule has 0 saturated heterocycles. The Kier molecular flexibility index (Phi) is 9.88. The molecule has 0 heterocycles. The standard InChI is InChI=1S/C30H45F.C3H8/c1-6-7-8-24-17-25(24)13-21(3)28(23-11-9-20(2)10-12-23)16-22-14-26-18-29(26)27(15-22)19-30(4,5)31;1-3-2/h6,14-15,20,23-26,28-29H,1,3,7-13,16-19H2,2,4-5H3;3H2,1-2H3/t20?,23?,24?,25?,26?,28-,29?;/m1./s1. The molecule has 0 bridgehead atoms. The molecule has 0 aliphatic heterocycles. The monoisotopic (exact) mass is 468 g/mol.